The third-order valence-electron chi connectivity index (χ3n) is 5.40. The Kier molecular flexibility index (Phi) is 8.26. The third-order valence-corrected chi connectivity index (χ3v) is 6.40. The molecule has 4 heterocycles. The van der Waals surface area contributed by atoms with Gasteiger partial charge in [0.2, 0.25) is 5.88 Å². The lowest BCUT2D eigenvalue weighted by molar-refractivity contribution is 0.116. The third kappa shape index (κ3) is 6.70. The number of methoxy groups -OCH3 is 1. The van der Waals surface area contributed by atoms with Crippen molar-refractivity contribution in [3.8, 4) is 28.3 Å². The highest BCUT2D eigenvalue weighted by Gasteiger charge is 2.17. The average molecular weight is 582 g/mol. The van der Waals surface area contributed by atoms with Crippen LogP contribution in [0.2, 0.25) is 0 Å². The second kappa shape index (κ2) is 12.2. The van der Waals surface area contributed by atoms with Crippen molar-refractivity contribution in [2.75, 3.05) is 32.2 Å². The van der Waals surface area contributed by atoms with Gasteiger partial charge in [-0.25, -0.2) is 34.1 Å². The van der Waals surface area contributed by atoms with E-state index in [4.69, 9.17) is 18.9 Å². The number of fused-ring (bicyclic) bond motifs is 2. The van der Waals surface area contributed by atoms with Gasteiger partial charge in [-0.05, 0) is 31.5 Å². The number of aromatic nitrogens is 6. The van der Waals surface area contributed by atoms with Gasteiger partial charge in [-0.1, -0.05) is 11.3 Å². The lowest BCUT2D eigenvalue weighted by Gasteiger charge is -2.09. The summed E-state index contributed by atoms with van der Waals surface area (Å²) in [5, 5.41) is 12.3. The lowest BCUT2D eigenvalue weighted by Crippen LogP contribution is -2.18. The van der Waals surface area contributed by atoms with Crippen molar-refractivity contribution in [1.82, 2.24) is 29.9 Å². The molecular weight excluding hydrogens is 557 g/mol. The van der Waals surface area contributed by atoms with Crippen molar-refractivity contribution in [2.24, 2.45) is 0 Å². The molecule has 1 atom stereocenters. The summed E-state index contributed by atoms with van der Waals surface area (Å²) in [5.74, 6) is -0.544. The molecule has 0 aliphatic carbocycles. The van der Waals surface area contributed by atoms with Crippen LogP contribution in [0.5, 0.6) is 17.8 Å². The first-order chi connectivity index (χ1) is 19.8. The van der Waals surface area contributed by atoms with Gasteiger partial charge in [0.1, 0.15) is 35.2 Å². The number of carbonyl (C=O) groups is 1. The van der Waals surface area contributed by atoms with Crippen LogP contribution in [0.1, 0.15) is 12.5 Å². The number of nitrogens with zero attached hydrogens (tertiary/aromatic N) is 6. The molecule has 1 aromatic carbocycles. The summed E-state index contributed by atoms with van der Waals surface area (Å²) in [6.45, 7) is 3.22. The Morgan fingerprint density at radius 1 is 1.05 bits per heavy atom. The van der Waals surface area contributed by atoms with Gasteiger partial charge in [-0.3, -0.25) is 5.32 Å². The maximum atomic E-state index is 14.7. The molecule has 0 aliphatic heterocycles. The fraction of sp³-hybridized carbons (Fsp3) is 0.269. The molecule has 15 heteroatoms. The Morgan fingerprint density at radius 2 is 1.85 bits per heavy atom. The number of pyridine rings is 1. The highest BCUT2D eigenvalue weighted by Crippen LogP contribution is 2.35. The highest BCUT2D eigenvalue weighted by atomic mass is 32.1. The van der Waals surface area contributed by atoms with Crippen molar-refractivity contribution in [3.05, 3.63) is 48.2 Å². The molecule has 0 unspecified atom stereocenters. The monoisotopic (exact) mass is 581 g/mol. The molecule has 0 saturated carbocycles. The molecular formula is C26H24FN7O6S. The number of aryl methyl sites for hydroxylation is 1. The molecule has 5 aromatic rings. The van der Waals surface area contributed by atoms with Gasteiger partial charge in [0, 0.05) is 11.6 Å². The molecule has 1 amide bonds. The molecule has 2 N–H and O–H groups in total. The number of ether oxygens (including phenoxy) is 4. The van der Waals surface area contributed by atoms with Crippen molar-refractivity contribution < 1.29 is 33.2 Å². The molecule has 4 aromatic heterocycles. The number of thiazole rings is 1. The summed E-state index contributed by atoms with van der Waals surface area (Å²) in [6, 6.07) is 5.13. The number of carbonyl (C=O) groups excluding carboxylic acids is 1. The fourth-order valence-corrected chi connectivity index (χ4v) is 4.56. The van der Waals surface area contributed by atoms with E-state index in [-0.39, 0.29) is 37.4 Å². The number of benzene rings is 1. The number of amides is 1. The van der Waals surface area contributed by atoms with Crippen LogP contribution < -0.4 is 19.5 Å². The van der Waals surface area contributed by atoms with Gasteiger partial charge in [-0.15, -0.1) is 0 Å². The van der Waals surface area contributed by atoms with E-state index in [1.54, 1.807) is 6.92 Å². The maximum Gasteiger partial charge on any atom is 0.411 e. The molecule has 0 fully saturated rings. The van der Waals surface area contributed by atoms with Crippen molar-refractivity contribution in [2.45, 2.75) is 20.0 Å². The van der Waals surface area contributed by atoms with Crippen LogP contribution in [0.3, 0.4) is 0 Å². The minimum atomic E-state index is -0.781. The predicted octanol–water partition coefficient (Wildman–Crippen LogP) is 3.93. The minimum Gasteiger partial charge on any atom is -0.480 e. The molecule has 41 heavy (non-hydrogen) atoms. The molecule has 0 bridgehead atoms. The number of halogens is 1. The number of aliphatic hydroxyl groups is 1. The van der Waals surface area contributed by atoms with Crippen LogP contribution in [0.25, 0.3) is 32.0 Å². The van der Waals surface area contributed by atoms with E-state index in [1.165, 1.54) is 43.1 Å². The number of aliphatic hydroxyl groups excluding tert-OH is 1. The van der Waals surface area contributed by atoms with Crippen molar-refractivity contribution in [3.63, 3.8) is 0 Å². The molecule has 0 aliphatic rings. The number of hydrogen-bond acceptors (Lipinski definition) is 13. The second-order valence-corrected chi connectivity index (χ2v) is 9.71. The van der Waals surface area contributed by atoms with Gasteiger partial charge in [0.25, 0.3) is 5.88 Å². The molecule has 212 valence electrons. The summed E-state index contributed by atoms with van der Waals surface area (Å²) in [4.78, 5) is 38.1. The van der Waals surface area contributed by atoms with Crippen molar-refractivity contribution >= 4 is 44.5 Å². The Balaban J connectivity index is 1.20. The first kappa shape index (κ1) is 27.8. The zero-order chi connectivity index (χ0) is 28.9. The van der Waals surface area contributed by atoms with Crippen molar-refractivity contribution in [1.29, 1.82) is 0 Å². The second-order valence-electron chi connectivity index (χ2n) is 8.73. The zero-order valence-electron chi connectivity index (χ0n) is 22.1. The first-order valence-electron chi connectivity index (χ1n) is 12.3. The van der Waals surface area contributed by atoms with Gasteiger partial charge >= 0.3 is 12.1 Å². The Hall–Kier alpha value is -4.76. The Morgan fingerprint density at radius 3 is 2.61 bits per heavy atom. The number of hydrogen-bond donors (Lipinski definition) is 2. The summed E-state index contributed by atoms with van der Waals surface area (Å²) in [7, 11) is 1.52. The van der Waals surface area contributed by atoms with Crippen LogP contribution in [0, 0.1) is 12.7 Å². The molecule has 0 spiro atoms. The maximum absolute atomic E-state index is 14.7. The SMILES string of the molecule is COc1cnc2c(-c3nc4cc(F)c(OCCOC(=O)Nc5cnc(OC[C@@H](C)O)nc5)nc4s3)cc(C)cc2n1. The topological polar surface area (TPSA) is 164 Å². The van der Waals surface area contributed by atoms with Gasteiger partial charge < -0.3 is 24.1 Å². The summed E-state index contributed by atoms with van der Waals surface area (Å²) >= 11 is 1.26. The largest absolute Gasteiger partial charge is 0.480 e. The van der Waals surface area contributed by atoms with Crippen LogP contribution in [-0.4, -0.2) is 74.1 Å². The normalized spacial score (nSPS) is 11.8. The molecule has 13 nitrogen and oxygen atoms in total. The minimum absolute atomic E-state index is 0.0382. The van der Waals surface area contributed by atoms with E-state index in [9.17, 15) is 14.3 Å². The molecule has 0 radical (unpaired) electrons. The first-order valence-corrected chi connectivity index (χ1v) is 13.1. The van der Waals surface area contributed by atoms with E-state index in [0.29, 0.717) is 32.3 Å². The lowest BCUT2D eigenvalue weighted by atomic mass is 10.1. The zero-order valence-corrected chi connectivity index (χ0v) is 22.9. The Labute approximate surface area is 236 Å². The van der Waals surface area contributed by atoms with E-state index in [1.807, 2.05) is 19.1 Å². The number of rotatable bonds is 10. The van der Waals surface area contributed by atoms with Gasteiger partial charge in [0.15, 0.2) is 5.82 Å². The van der Waals surface area contributed by atoms with Crippen LogP contribution >= 0.6 is 11.3 Å². The van der Waals surface area contributed by atoms with E-state index >= 15 is 0 Å². The van der Waals surface area contributed by atoms with Gasteiger partial charge in [0.05, 0.1) is 48.5 Å². The molecule has 5 rings (SSSR count). The Bertz CT molecular complexity index is 1700. The summed E-state index contributed by atoms with van der Waals surface area (Å²) in [6.07, 6.45) is 2.72. The molecule has 0 saturated heterocycles. The van der Waals surface area contributed by atoms with E-state index in [2.05, 4.69) is 35.2 Å². The number of anilines is 1. The number of nitrogens with one attached hydrogen (secondary N) is 1. The fourth-order valence-electron chi connectivity index (χ4n) is 3.63. The highest BCUT2D eigenvalue weighted by molar-refractivity contribution is 7.21. The quantitative estimate of drug-likeness (QED) is 0.229. The van der Waals surface area contributed by atoms with E-state index in [0.717, 1.165) is 11.1 Å². The van der Waals surface area contributed by atoms with Crippen LogP contribution in [-0.2, 0) is 4.74 Å². The van der Waals surface area contributed by atoms with E-state index < -0.39 is 18.0 Å². The smallest absolute Gasteiger partial charge is 0.411 e. The van der Waals surface area contributed by atoms with Crippen LogP contribution in [0.15, 0.2) is 36.8 Å². The summed E-state index contributed by atoms with van der Waals surface area (Å²) in [5.41, 5.74) is 3.62. The standard InChI is InChI=1S/C26H24FN7O6S/c1-13-6-16(21-18(7-13)32-20(37-3)11-28-21)23-33-19-8-17(27)22(34-24(19)41-23)38-4-5-39-26(36)31-15-9-29-25(30-10-15)40-12-14(2)35/h6-11,14,35H,4-5,12H2,1-3H3,(H,31,36)/t14-/m1/s1. The summed E-state index contributed by atoms with van der Waals surface area (Å²) < 4.78 is 35.5. The average Bonchev–Trinajstić information content (AvgIpc) is 3.36. The predicted molar refractivity (Wildman–Crippen MR) is 147 cm³/mol. The van der Waals surface area contributed by atoms with Crippen LogP contribution in [0.4, 0.5) is 14.9 Å². The van der Waals surface area contributed by atoms with Gasteiger partial charge in [-0.2, -0.15) is 4.98 Å².